The Kier molecular flexibility index (Phi) is 8.45. The summed E-state index contributed by atoms with van der Waals surface area (Å²) in [4.78, 5) is 15.4. The highest BCUT2D eigenvalue weighted by molar-refractivity contribution is 6.21. The SMILES string of the molecule is c1ccc(-c2ccc(-c3cc(-c4ccc(-c5cccc(-c6nc7ccc(-c8ccccc8)cc7c7c6oc6ccccc67)c5)cc4)nc(-c4ccccc4)n3)cc2)cc1. The lowest BCUT2D eigenvalue weighted by molar-refractivity contribution is 0.669. The Morgan fingerprint density at radius 2 is 0.780 bits per heavy atom. The fourth-order valence-electron chi connectivity index (χ4n) is 8.09. The van der Waals surface area contributed by atoms with Crippen molar-refractivity contribution in [2.24, 2.45) is 0 Å². The predicted octanol–water partition coefficient (Wildman–Crippen LogP) is 14.6. The molecular weight excluding hydrogens is 719 g/mol. The van der Waals surface area contributed by atoms with E-state index >= 15 is 0 Å². The van der Waals surface area contributed by atoms with Crippen LogP contribution in [-0.4, -0.2) is 15.0 Å². The zero-order chi connectivity index (χ0) is 39.1. The third-order valence-corrected chi connectivity index (χ3v) is 11.1. The molecule has 4 heteroatoms. The van der Waals surface area contributed by atoms with Crippen LogP contribution in [0.4, 0.5) is 0 Å². The predicted molar refractivity (Wildman–Crippen MR) is 243 cm³/mol. The lowest BCUT2D eigenvalue weighted by Crippen LogP contribution is -1.96. The van der Waals surface area contributed by atoms with Gasteiger partial charge in [-0.2, -0.15) is 0 Å². The third kappa shape index (κ3) is 6.43. The normalized spacial score (nSPS) is 11.4. The van der Waals surface area contributed by atoms with Crippen LogP contribution in [0.5, 0.6) is 0 Å². The molecular formula is C55H35N3O. The summed E-state index contributed by atoms with van der Waals surface area (Å²) >= 11 is 0. The molecule has 276 valence electrons. The van der Waals surface area contributed by atoms with Gasteiger partial charge in [0.25, 0.3) is 0 Å². The van der Waals surface area contributed by atoms with Crippen molar-refractivity contribution in [1.82, 2.24) is 15.0 Å². The van der Waals surface area contributed by atoms with Crippen LogP contribution in [0.1, 0.15) is 0 Å². The molecule has 59 heavy (non-hydrogen) atoms. The molecule has 11 rings (SSSR count). The smallest absolute Gasteiger partial charge is 0.162 e. The Morgan fingerprint density at radius 3 is 1.44 bits per heavy atom. The summed E-state index contributed by atoms with van der Waals surface area (Å²) in [6, 6.07) is 73.8. The molecule has 0 aliphatic carbocycles. The molecule has 0 saturated carbocycles. The monoisotopic (exact) mass is 753 g/mol. The van der Waals surface area contributed by atoms with Crippen molar-refractivity contribution < 1.29 is 4.42 Å². The largest absolute Gasteiger partial charge is 0.454 e. The minimum absolute atomic E-state index is 0.693. The number of pyridine rings is 1. The van der Waals surface area contributed by atoms with Crippen molar-refractivity contribution in [3.05, 3.63) is 212 Å². The molecule has 0 fully saturated rings. The number of hydrogen-bond donors (Lipinski definition) is 0. The summed E-state index contributed by atoms with van der Waals surface area (Å²) in [6.07, 6.45) is 0. The number of fused-ring (bicyclic) bond motifs is 5. The van der Waals surface area contributed by atoms with Crippen LogP contribution >= 0.6 is 0 Å². The standard InChI is InChI=1S/C55H35N3O/c1-4-13-36(14-5-1)38-23-27-40(28-24-38)49-35-50(58-55(57-49)42-17-8-3-9-18-42)41-29-25-39(26-30-41)43-19-12-20-45(33-43)53-54-52(46-21-10-11-22-51(46)59-54)47-34-44(31-32-48(47)56-53)37-15-6-2-7-16-37/h1-35H. The second-order valence-corrected chi connectivity index (χ2v) is 14.8. The van der Waals surface area contributed by atoms with Crippen LogP contribution in [-0.2, 0) is 0 Å². The van der Waals surface area contributed by atoms with E-state index in [-0.39, 0.29) is 0 Å². The zero-order valence-electron chi connectivity index (χ0n) is 32.0. The van der Waals surface area contributed by atoms with Crippen LogP contribution in [0.3, 0.4) is 0 Å². The first-order valence-electron chi connectivity index (χ1n) is 19.8. The first-order chi connectivity index (χ1) is 29.2. The molecule has 3 heterocycles. The summed E-state index contributed by atoms with van der Waals surface area (Å²) in [5, 5.41) is 3.24. The van der Waals surface area contributed by atoms with Crippen molar-refractivity contribution in [1.29, 1.82) is 0 Å². The molecule has 0 amide bonds. The quantitative estimate of drug-likeness (QED) is 0.163. The second-order valence-electron chi connectivity index (χ2n) is 14.8. The summed E-state index contributed by atoms with van der Waals surface area (Å²) in [5.41, 5.74) is 16.0. The molecule has 0 bridgehead atoms. The van der Waals surface area contributed by atoms with Gasteiger partial charge in [-0.1, -0.05) is 182 Å². The topological polar surface area (TPSA) is 51.8 Å². The molecule has 0 N–H and O–H groups in total. The maximum atomic E-state index is 6.64. The molecule has 0 aliphatic rings. The Bertz CT molecular complexity index is 3280. The van der Waals surface area contributed by atoms with E-state index in [2.05, 4.69) is 170 Å². The van der Waals surface area contributed by atoms with Gasteiger partial charge in [0.2, 0.25) is 0 Å². The van der Waals surface area contributed by atoms with Crippen LogP contribution in [0.2, 0.25) is 0 Å². The molecule has 0 atom stereocenters. The number of para-hydroxylation sites is 1. The third-order valence-electron chi connectivity index (χ3n) is 11.1. The van der Waals surface area contributed by atoms with E-state index in [0.29, 0.717) is 5.82 Å². The molecule has 0 spiro atoms. The summed E-state index contributed by atoms with van der Waals surface area (Å²) in [6.45, 7) is 0. The van der Waals surface area contributed by atoms with Crippen LogP contribution in [0.25, 0.3) is 111 Å². The van der Waals surface area contributed by atoms with E-state index < -0.39 is 0 Å². The van der Waals surface area contributed by atoms with Gasteiger partial charge in [-0.05, 0) is 63.7 Å². The van der Waals surface area contributed by atoms with E-state index in [1.807, 2.05) is 42.5 Å². The molecule has 4 nitrogen and oxygen atoms in total. The number of furan rings is 1. The van der Waals surface area contributed by atoms with Crippen molar-refractivity contribution in [2.75, 3.05) is 0 Å². The highest BCUT2D eigenvalue weighted by Gasteiger charge is 2.19. The maximum Gasteiger partial charge on any atom is 0.162 e. The lowest BCUT2D eigenvalue weighted by Gasteiger charge is -2.11. The highest BCUT2D eigenvalue weighted by Crippen LogP contribution is 2.41. The Balaban J connectivity index is 0.968. The van der Waals surface area contributed by atoms with Crippen LogP contribution in [0, 0.1) is 0 Å². The highest BCUT2D eigenvalue weighted by atomic mass is 16.3. The first kappa shape index (κ1) is 34.3. The second kappa shape index (κ2) is 14.5. The summed E-state index contributed by atoms with van der Waals surface area (Å²) in [7, 11) is 0. The molecule has 3 aromatic heterocycles. The van der Waals surface area contributed by atoms with Crippen molar-refractivity contribution in [3.63, 3.8) is 0 Å². The van der Waals surface area contributed by atoms with E-state index in [4.69, 9.17) is 19.4 Å². The number of aromatic nitrogens is 3. The van der Waals surface area contributed by atoms with Crippen molar-refractivity contribution in [2.45, 2.75) is 0 Å². The fourth-order valence-corrected chi connectivity index (χ4v) is 8.09. The van der Waals surface area contributed by atoms with Gasteiger partial charge in [0.15, 0.2) is 11.4 Å². The summed E-state index contributed by atoms with van der Waals surface area (Å²) < 4.78 is 6.64. The van der Waals surface area contributed by atoms with Crippen LogP contribution < -0.4 is 0 Å². The van der Waals surface area contributed by atoms with E-state index in [0.717, 1.165) is 88.9 Å². The van der Waals surface area contributed by atoms with Gasteiger partial charge >= 0.3 is 0 Å². The van der Waals surface area contributed by atoms with Gasteiger partial charge in [-0.15, -0.1) is 0 Å². The Hall–Kier alpha value is -7.95. The molecule has 0 saturated heterocycles. The van der Waals surface area contributed by atoms with Gasteiger partial charge < -0.3 is 4.42 Å². The van der Waals surface area contributed by atoms with Gasteiger partial charge in [-0.3, -0.25) is 0 Å². The van der Waals surface area contributed by atoms with Gasteiger partial charge in [0, 0.05) is 38.4 Å². The minimum atomic E-state index is 0.693. The molecule has 0 radical (unpaired) electrons. The molecule has 0 aliphatic heterocycles. The van der Waals surface area contributed by atoms with Gasteiger partial charge in [-0.25, -0.2) is 15.0 Å². The first-order valence-corrected chi connectivity index (χ1v) is 19.8. The Labute approximate surface area is 341 Å². The molecule has 8 aromatic carbocycles. The average molecular weight is 754 g/mol. The van der Waals surface area contributed by atoms with Crippen LogP contribution in [0.15, 0.2) is 217 Å². The summed E-state index contributed by atoms with van der Waals surface area (Å²) in [5.74, 6) is 0.693. The Morgan fingerprint density at radius 1 is 0.305 bits per heavy atom. The van der Waals surface area contributed by atoms with E-state index in [1.54, 1.807) is 0 Å². The number of rotatable bonds is 7. The lowest BCUT2D eigenvalue weighted by atomic mass is 9.97. The van der Waals surface area contributed by atoms with Crippen molar-refractivity contribution >= 4 is 32.8 Å². The van der Waals surface area contributed by atoms with E-state index in [1.165, 1.54) is 16.7 Å². The number of benzene rings is 8. The van der Waals surface area contributed by atoms with Gasteiger partial charge in [0.05, 0.1) is 16.9 Å². The van der Waals surface area contributed by atoms with Gasteiger partial charge in [0.1, 0.15) is 11.3 Å². The molecule has 11 aromatic rings. The minimum Gasteiger partial charge on any atom is -0.454 e. The zero-order valence-corrected chi connectivity index (χ0v) is 32.0. The van der Waals surface area contributed by atoms with E-state index in [9.17, 15) is 0 Å². The van der Waals surface area contributed by atoms with Crippen molar-refractivity contribution in [3.8, 4) is 78.5 Å². The fraction of sp³-hybridized carbons (Fsp3) is 0. The number of hydrogen-bond acceptors (Lipinski definition) is 4. The maximum absolute atomic E-state index is 6.64. The molecule has 0 unspecified atom stereocenters. The average Bonchev–Trinajstić information content (AvgIpc) is 3.72. The number of nitrogens with zero attached hydrogens (tertiary/aromatic N) is 3.